The minimum atomic E-state index is -0.184. The Morgan fingerprint density at radius 1 is 1.24 bits per heavy atom. The number of amides is 1. The standard InChI is InChI=1S/C15H14N4OS/c1-10-8-14(21-18-10)16-15(20)13-9-12(17-19(13)2)11-6-4-3-5-7-11/h3-9H,1-2H3,(H,16,20). The molecule has 6 heteroatoms. The van der Waals surface area contributed by atoms with Crippen LogP contribution in [-0.2, 0) is 7.05 Å². The maximum Gasteiger partial charge on any atom is 0.274 e. The van der Waals surface area contributed by atoms with Crippen molar-refractivity contribution in [1.29, 1.82) is 0 Å². The van der Waals surface area contributed by atoms with E-state index in [1.165, 1.54) is 11.5 Å². The molecule has 1 amide bonds. The van der Waals surface area contributed by atoms with E-state index in [1.807, 2.05) is 43.3 Å². The van der Waals surface area contributed by atoms with Gasteiger partial charge in [-0.2, -0.15) is 9.47 Å². The topological polar surface area (TPSA) is 59.8 Å². The van der Waals surface area contributed by atoms with Crippen molar-refractivity contribution in [3.05, 3.63) is 53.9 Å². The summed E-state index contributed by atoms with van der Waals surface area (Å²) < 4.78 is 5.73. The van der Waals surface area contributed by atoms with Crippen LogP contribution >= 0.6 is 11.5 Å². The third kappa shape index (κ3) is 2.85. The molecular weight excluding hydrogens is 284 g/mol. The van der Waals surface area contributed by atoms with Gasteiger partial charge in [0.15, 0.2) is 0 Å². The molecule has 3 aromatic rings. The SMILES string of the molecule is Cc1cc(NC(=O)c2cc(-c3ccccc3)nn2C)sn1. The predicted octanol–water partition coefficient (Wildman–Crippen LogP) is 3.10. The Hall–Kier alpha value is -2.47. The van der Waals surface area contributed by atoms with Gasteiger partial charge in [-0.15, -0.1) is 0 Å². The molecular formula is C15H14N4OS. The molecule has 0 aliphatic rings. The lowest BCUT2D eigenvalue weighted by molar-refractivity contribution is 0.101. The monoisotopic (exact) mass is 298 g/mol. The summed E-state index contributed by atoms with van der Waals surface area (Å²) in [4.78, 5) is 12.3. The van der Waals surface area contributed by atoms with Crippen LogP contribution in [0.15, 0.2) is 42.5 Å². The normalized spacial score (nSPS) is 10.6. The number of aromatic nitrogens is 3. The Morgan fingerprint density at radius 2 is 2.00 bits per heavy atom. The Kier molecular flexibility index (Phi) is 3.53. The summed E-state index contributed by atoms with van der Waals surface area (Å²) >= 11 is 1.27. The highest BCUT2D eigenvalue weighted by molar-refractivity contribution is 7.10. The second-order valence-electron chi connectivity index (χ2n) is 4.69. The van der Waals surface area contributed by atoms with E-state index in [4.69, 9.17) is 0 Å². The van der Waals surface area contributed by atoms with Crippen LogP contribution in [0.25, 0.3) is 11.3 Å². The lowest BCUT2D eigenvalue weighted by atomic mass is 10.1. The van der Waals surface area contributed by atoms with Gasteiger partial charge in [0.2, 0.25) is 0 Å². The van der Waals surface area contributed by atoms with E-state index in [2.05, 4.69) is 14.8 Å². The fourth-order valence-electron chi connectivity index (χ4n) is 2.03. The lowest BCUT2D eigenvalue weighted by Gasteiger charge is -2.01. The fourth-order valence-corrected chi connectivity index (χ4v) is 2.68. The van der Waals surface area contributed by atoms with Crippen LogP contribution in [0.1, 0.15) is 16.2 Å². The smallest absolute Gasteiger partial charge is 0.274 e. The zero-order valence-corrected chi connectivity index (χ0v) is 12.5. The molecule has 2 heterocycles. The zero-order chi connectivity index (χ0) is 14.8. The number of aryl methyl sites for hydroxylation is 2. The predicted molar refractivity (Wildman–Crippen MR) is 83.4 cm³/mol. The van der Waals surface area contributed by atoms with Crippen molar-refractivity contribution < 1.29 is 4.79 Å². The van der Waals surface area contributed by atoms with Crippen molar-refractivity contribution in [3.63, 3.8) is 0 Å². The molecule has 106 valence electrons. The average molecular weight is 298 g/mol. The van der Waals surface area contributed by atoms with E-state index in [0.29, 0.717) is 5.69 Å². The van der Waals surface area contributed by atoms with E-state index in [-0.39, 0.29) is 5.91 Å². The number of carbonyl (C=O) groups is 1. The number of hydrogen-bond acceptors (Lipinski definition) is 4. The van der Waals surface area contributed by atoms with E-state index in [1.54, 1.807) is 17.8 Å². The molecule has 0 aliphatic heterocycles. The number of rotatable bonds is 3. The Morgan fingerprint density at radius 3 is 2.67 bits per heavy atom. The van der Waals surface area contributed by atoms with E-state index < -0.39 is 0 Å². The molecule has 0 spiro atoms. The lowest BCUT2D eigenvalue weighted by Crippen LogP contribution is -2.15. The van der Waals surface area contributed by atoms with Crippen molar-refractivity contribution in [3.8, 4) is 11.3 Å². The molecule has 21 heavy (non-hydrogen) atoms. The van der Waals surface area contributed by atoms with Crippen molar-refractivity contribution in [1.82, 2.24) is 14.2 Å². The minimum Gasteiger partial charge on any atom is -0.311 e. The number of nitrogens with zero attached hydrogens (tertiary/aromatic N) is 3. The number of anilines is 1. The highest BCUT2D eigenvalue weighted by atomic mass is 32.1. The van der Waals surface area contributed by atoms with E-state index in [0.717, 1.165) is 22.0 Å². The second kappa shape index (κ2) is 5.49. The van der Waals surface area contributed by atoms with Crippen molar-refractivity contribution in [2.45, 2.75) is 6.92 Å². The van der Waals surface area contributed by atoms with Gasteiger partial charge in [0.1, 0.15) is 10.7 Å². The van der Waals surface area contributed by atoms with Crippen molar-refractivity contribution in [2.75, 3.05) is 5.32 Å². The van der Waals surface area contributed by atoms with Gasteiger partial charge < -0.3 is 5.32 Å². The molecule has 0 radical (unpaired) electrons. The number of benzene rings is 1. The molecule has 0 unspecified atom stereocenters. The first-order valence-electron chi connectivity index (χ1n) is 6.47. The van der Waals surface area contributed by atoms with Gasteiger partial charge in [-0.25, -0.2) is 0 Å². The summed E-state index contributed by atoms with van der Waals surface area (Å²) in [6.07, 6.45) is 0. The third-order valence-electron chi connectivity index (χ3n) is 3.05. The Bertz CT molecular complexity index is 776. The van der Waals surface area contributed by atoms with Crippen LogP contribution < -0.4 is 5.32 Å². The summed E-state index contributed by atoms with van der Waals surface area (Å²) in [5.41, 5.74) is 3.18. The van der Waals surface area contributed by atoms with Crippen LogP contribution in [0.2, 0.25) is 0 Å². The second-order valence-corrected chi connectivity index (χ2v) is 5.50. The van der Waals surface area contributed by atoms with Gasteiger partial charge in [-0.3, -0.25) is 9.48 Å². The number of nitrogens with one attached hydrogen (secondary N) is 1. The molecule has 2 aromatic heterocycles. The van der Waals surface area contributed by atoms with Crippen LogP contribution in [0.5, 0.6) is 0 Å². The van der Waals surface area contributed by atoms with Gasteiger partial charge in [-0.05, 0) is 30.6 Å². The average Bonchev–Trinajstić information content (AvgIpc) is 3.06. The van der Waals surface area contributed by atoms with Gasteiger partial charge in [0.05, 0.1) is 11.4 Å². The molecule has 1 aromatic carbocycles. The van der Waals surface area contributed by atoms with Gasteiger partial charge in [-0.1, -0.05) is 30.3 Å². The third-order valence-corrected chi connectivity index (χ3v) is 3.84. The zero-order valence-electron chi connectivity index (χ0n) is 11.7. The Balaban J connectivity index is 1.86. The summed E-state index contributed by atoms with van der Waals surface area (Å²) in [7, 11) is 1.76. The molecule has 0 aliphatic carbocycles. The molecule has 5 nitrogen and oxygen atoms in total. The van der Waals surface area contributed by atoms with E-state index in [9.17, 15) is 4.79 Å². The van der Waals surface area contributed by atoms with Crippen LogP contribution in [0.4, 0.5) is 5.00 Å². The summed E-state index contributed by atoms with van der Waals surface area (Å²) in [5, 5.41) is 7.97. The maximum absolute atomic E-state index is 12.3. The summed E-state index contributed by atoms with van der Waals surface area (Å²) in [6.45, 7) is 1.89. The highest BCUT2D eigenvalue weighted by Crippen LogP contribution is 2.20. The number of hydrogen-bond donors (Lipinski definition) is 1. The first-order chi connectivity index (χ1) is 10.1. The van der Waals surface area contributed by atoms with Crippen molar-refractivity contribution >= 4 is 22.4 Å². The number of carbonyl (C=O) groups excluding carboxylic acids is 1. The minimum absolute atomic E-state index is 0.184. The molecule has 0 saturated heterocycles. The highest BCUT2D eigenvalue weighted by Gasteiger charge is 2.15. The van der Waals surface area contributed by atoms with Crippen LogP contribution in [0.3, 0.4) is 0 Å². The fraction of sp³-hybridized carbons (Fsp3) is 0.133. The largest absolute Gasteiger partial charge is 0.311 e. The molecule has 0 bridgehead atoms. The molecule has 0 fully saturated rings. The molecule has 3 rings (SSSR count). The van der Waals surface area contributed by atoms with Gasteiger partial charge >= 0.3 is 0 Å². The van der Waals surface area contributed by atoms with Crippen LogP contribution in [0, 0.1) is 6.92 Å². The van der Waals surface area contributed by atoms with Gasteiger partial charge in [0, 0.05) is 12.6 Å². The van der Waals surface area contributed by atoms with Crippen molar-refractivity contribution in [2.24, 2.45) is 7.05 Å². The first kappa shape index (κ1) is 13.5. The quantitative estimate of drug-likeness (QED) is 0.808. The first-order valence-corrected chi connectivity index (χ1v) is 7.25. The molecule has 0 saturated carbocycles. The summed E-state index contributed by atoms with van der Waals surface area (Å²) in [6, 6.07) is 13.4. The maximum atomic E-state index is 12.3. The molecule has 1 N–H and O–H groups in total. The van der Waals surface area contributed by atoms with Gasteiger partial charge in [0.25, 0.3) is 5.91 Å². The van der Waals surface area contributed by atoms with E-state index >= 15 is 0 Å². The molecule has 0 atom stereocenters. The summed E-state index contributed by atoms with van der Waals surface area (Å²) in [5.74, 6) is -0.184. The van der Waals surface area contributed by atoms with Crippen LogP contribution in [-0.4, -0.2) is 20.1 Å². The Labute approximate surface area is 126 Å².